The SMILES string of the molecule is [CH2-]c1ccnnc1.[Li+]. The molecule has 36 valence electrons. The quantitative estimate of drug-likeness (QED) is 0.270. The van der Waals surface area contributed by atoms with Crippen LogP contribution in [0.3, 0.4) is 0 Å². The van der Waals surface area contributed by atoms with Crippen molar-refractivity contribution in [2.45, 2.75) is 0 Å². The molecule has 8 heavy (non-hydrogen) atoms. The van der Waals surface area contributed by atoms with Crippen LogP contribution in [0.1, 0.15) is 5.56 Å². The van der Waals surface area contributed by atoms with Gasteiger partial charge in [-0.2, -0.15) is 17.6 Å². The molecule has 0 amide bonds. The Hall–Kier alpha value is -0.453. The maximum absolute atomic E-state index is 3.62. The molecule has 1 rings (SSSR count). The number of aromatic nitrogens is 2. The van der Waals surface area contributed by atoms with E-state index in [0.717, 1.165) is 5.56 Å². The van der Waals surface area contributed by atoms with Crippen LogP contribution >= 0.6 is 0 Å². The van der Waals surface area contributed by atoms with Gasteiger partial charge in [0.05, 0.1) is 0 Å². The van der Waals surface area contributed by atoms with E-state index in [0.29, 0.717) is 0 Å². The molecule has 0 aliphatic rings. The van der Waals surface area contributed by atoms with Crippen molar-refractivity contribution in [1.82, 2.24) is 10.2 Å². The van der Waals surface area contributed by atoms with Crippen molar-refractivity contribution in [3.8, 4) is 0 Å². The smallest absolute Gasteiger partial charge is 0.226 e. The summed E-state index contributed by atoms with van der Waals surface area (Å²) in [5.74, 6) is 0. The molecular weight excluding hydrogens is 95.0 g/mol. The topological polar surface area (TPSA) is 25.8 Å². The Labute approximate surface area is 60.5 Å². The summed E-state index contributed by atoms with van der Waals surface area (Å²) in [4.78, 5) is 0. The van der Waals surface area contributed by atoms with Gasteiger partial charge in [-0.1, -0.05) is 6.20 Å². The van der Waals surface area contributed by atoms with Gasteiger partial charge in [-0.15, -0.1) is 6.07 Å². The normalized spacial score (nSPS) is 7.50. The van der Waals surface area contributed by atoms with Crippen molar-refractivity contribution < 1.29 is 18.9 Å². The van der Waals surface area contributed by atoms with Crippen LogP contribution < -0.4 is 18.9 Å². The van der Waals surface area contributed by atoms with Crippen LogP contribution in [0.2, 0.25) is 0 Å². The van der Waals surface area contributed by atoms with Gasteiger partial charge in [0, 0.05) is 0 Å². The third-order valence-corrected chi connectivity index (χ3v) is 0.646. The van der Waals surface area contributed by atoms with Gasteiger partial charge in [0.2, 0.25) is 0 Å². The molecule has 0 aliphatic carbocycles. The van der Waals surface area contributed by atoms with Crippen LogP contribution in [0, 0.1) is 6.92 Å². The minimum absolute atomic E-state index is 0. The summed E-state index contributed by atoms with van der Waals surface area (Å²) in [7, 11) is 0. The van der Waals surface area contributed by atoms with Crippen molar-refractivity contribution in [2.75, 3.05) is 0 Å². The fourth-order valence-electron chi connectivity index (χ4n) is 0.318. The molecular formula is C5H5LiN2. The van der Waals surface area contributed by atoms with Crippen LogP contribution in [0.25, 0.3) is 0 Å². The first-order chi connectivity index (χ1) is 3.39. The summed E-state index contributed by atoms with van der Waals surface area (Å²) in [6.07, 6.45) is 3.22. The molecule has 2 nitrogen and oxygen atoms in total. The molecule has 0 fully saturated rings. The number of rotatable bonds is 0. The minimum atomic E-state index is 0. The molecule has 0 N–H and O–H groups in total. The minimum Gasteiger partial charge on any atom is -0.226 e. The van der Waals surface area contributed by atoms with Gasteiger partial charge in [0.25, 0.3) is 0 Å². The fourth-order valence-corrected chi connectivity index (χ4v) is 0.318. The molecule has 1 aromatic heterocycles. The summed E-state index contributed by atoms with van der Waals surface area (Å²) in [6.45, 7) is 3.62. The van der Waals surface area contributed by atoms with E-state index < -0.39 is 0 Å². The maximum Gasteiger partial charge on any atom is 1.00 e. The molecule has 0 atom stereocenters. The van der Waals surface area contributed by atoms with Crippen molar-refractivity contribution in [2.24, 2.45) is 0 Å². The van der Waals surface area contributed by atoms with Crippen LogP contribution in [0.4, 0.5) is 0 Å². The number of hydrogen-bond donors (Lipinski definition) is 0. The van der Waals surface area contributed by atoms with Gasteiger partial charge in [-0.3, -0.25) is 0 Å². The van der Waals surface area contributed by atoms with E-state index in [1.54, 1.807) is 18.5 Å². The van der Waals surface area contributed by atoms with Gasteiger partial charge >= 0.3 is 18.9 Å². The molecule has 3 heteroatoms. The predicted molar refractivity (Wildman–Crippen MR) is 26.5 cm³/mol. The standard InChI is InChI=1S/C5H5N2.Li/c1-5-2-3-6-7-4-5;/h2-4H,1H2;/q-1;+1. The zero-order valence-corrected chi connectivity index (χ0v) is 4.83. The van der Waals surface area contributed by atoms with Crippen LogP contribution in [0.5, 0.6) is 0 Å². The van der Waals surface area contributed by atoms with Crippen LogP contribution in [0.15, 0.2) is 18.5 Å². The zero-order valence-electron chi connectivity index (χ0n) is 4.83. The summed E-state index contributed by atoms with van der Waals surface area (Å²) in [6, 6.07) is 1.80. The van der Waals surface area contributed by atoms with E-state index >= 15 is 0 Å². The second-order valence-corrected chi connectivity index (χ2v) is 1.25. The van der Waals surface area contributed by atoms with E-state index in [1.807, 2.05) is 0 Å². The van der Waals surface area contributed by atoms with E-state index in [1.165, 1.54) is 0 Å². The van der Waals surface area contributed by atoms with Crippen molar-refractivity contribution >= 4 is 0 Å². The second kappa shape index (κ2) is 3.54. The fraction of sp³-hybridized carbons (Fsp3) is 0. The van der Waals surface area contributed by atoms with E-state index in [2.05, 4.69) is 17.1 Å². The molecule has 1 aromatic rings. The summed E-state index contributed by atoms with van der Waals surface area (Å²) >= 11 is 0. The molecule has 0 saturated heterocycles. The van der Waals surface area contributed by atoms with Crippen molar-refractivity contribution in [3.63, 3.8) is 0 Å². The van der Waals surface area contributed by atoms with Gasteiger partial charge in [-0.05, 0) is 6.20 Å². The Morgan fingerprint density at radius 3 is 2.38 bits per heavy atom. The molecule has 0 bridgehead atoms. The summed E-state index contributed by atoms with van der Waals surface area (Å²) in [5.41, 5.74) is 0.898. The molecule has 0 aliphatic heterocycles. The Bertz CT molecular complexity index is 140. The number of hydrogen-bond acceptors (Lipinski definition) is 2. The third kappa shape index (κ3) is 2.01. The first kappa shape index (κ1) is 7.55. The van der Waals surface area contributed by atoms with E-state index in [-0.39, 0.29) is 18.9 Å². The largest absolute Gasteiger partial charge is 1.00 e. The molecule has 1 heterocycles. The van der Waals surface area contributed by atoms with Crippen LogP contribution in [-0.2, 0) is 0 Å². The molecule has 0 unspecified atom stereocenters. The second-order valence-electron chi connectivity index (χ2n) is 1.25. The van der Waals surface area contributed by atoms with E-state index in [9.17, 15) is 0 Å². The Morgan fingerprint density at radius 2 is 2.12 bits per heavy atom. The summed E-state index contributed by atoms with van der Waals surface area (Å²) in [5, 5.41) is 7.13. The third-order valence-electron chi connectivity index (χ3n) is 0.646. The Morgan fingerprint density at radius 1 is 1.38 bits per heavy atom. The van der Waals surface area contributed by atoms with Crippen LogP contribution in [-0.4, -0.2) is 10.2 Å². The monoisotopic (exact) mass is 100 g/mol. The average molecular weight is 100 g/mol. The van der Waals surface area contributed by atoms with Gasteiger partial charge < -0.3 is 0 Å². The molecule has 0 saturated carbocycles. The van der Waals surface area contributed by atoms with Gasteiger partial charge in [-0.25, -0.2) is 5.10 Å². The van der Waals surface area contributed by atoms with Gasteiger partial charge in [0.1, 0.15) is 0 Å². The number of nitrogens with zero attached hydrogens (tertiary/aromatic N) is 2. The Balaban J connectivity index is 0.000000490. The molecule has 0 radical (unpaired) electrons. The van der Waals surface area contributed by atoms with Gasteiger partial charge in [0.15, 0.2) is 0 Å². The summed E-state index contributed by atoms with van der Waals surface area (Å²) < 4.78 is 0. The zero-order chi connectivity index (χ0) is 5.11. The predicted octanol–water partition coefficient (Wildman–Crippen LogP) is -2.34. The first-order valence-corrected chi connectivity index (χ1v) is 1.98. The average Bonchev–Trinajstić information content (AvgIpc) is 1.69. The molecule has 0 spiro atoms. The van der Waals surface area contributed by atoms with E-state index in [4.69, 9.17) is 0 Å². The van der Waals surface area contributed by atoms with Crippen molar-refractivity contribution in [3.05, 3.63) is 30.9 Å². The van der Waals surface area contributed by atoms with Crippen molar-refractivity contribution in [1.29, 1.82) is 0 Å². The first-order valence-electron chi connectivity index (χ1n) is 1.98. The maximum atomic E-state index is 3.62. The Kier molecular flexibility index (Phi) is 3.34. The molecule has 0 aromatic carbocycles.